The minimum absolute atomic E-state index is 0.00780. The fourth-order valence-electron chi connectivity index (χ4n) is 0.702. The Morgan fingerprint density at radius 2 is 1.86 bits per heavy atom. The summed E-state index contributed by atoms with van der Waals surface area (Å²) in [5, 5.41) is 2.71. The van der Waals surface area contributed by atoms with E-state index in [0.717, 1.165) is 0 Å². The zero-order valence-electron chi connectivity index (χ0n) is 7.00. The average molecular weight is 236 g/mol. The molecule has 8 heteroatoms. The molecule has 0 bridgehead atoms. The Kier molecular flexibility index (Phi) is 3.84. The summed E-state index contributed by atoms with van der Waals surface area (Å²) in [4.78, 5) is 21.4. The van der Waals surface area contributed by atoms with Gasteiger partial charge in [-0.2, -0.15) is 15.0 Å². The highest BCUT2D eigenvalue weighted by Crippen LogP contribution is 2.09. The molecule has 1 aromatic rings. The highest BCUT2D eigenvalue weighted by molar-refractivity contribution is 6.31. The van der Waals surface area contributed by atoms with Crippen LogP contribution >= 0.6 is 23.2 Å². The van der Waals surface area contributed by atoms with Gasteiger partial charge in [0.1, 0.15) is 0 Å². The van der Waals surface area contributed by atoms with Crippen molar-refractivity contribution in [3.05, 3.63) is 10.6 Å². The SMILES string of the molecule is NC(=O)CCNc1nc(Cl)nc(Cl)n1. The number of carbonyl (C=O) groups excluding carboxylic acids is 1. The minimum atomic E-state index is -0.413. The largest absolute Gasteiger partial charge is 0.370 e. The van der Waals surface area contributed by atoms with Crippen LogP contribution in [0.4, 0.5) is 5.95 Å². The minimum Gasteiger partial charge on any atom is -0.370 e. The van der Waals surface area contributed by atoms with Gasteiger partial charge in [-0.25, -0.2) is 0 Å². The maximum Gasteiger partial charge on any atom is 0.228 e. The highest BCUT2D eigenvalue weighted by atomic mass is 35.5. The molecule has 0 aliphatic carbocycles. The lowest BCUT2D eigenvalue weighted by molar-refractivity contribution is -0.117. The van der Waals surface area contributed by atoms with Crippen LogP contribution in [0.25, 0.3) is 0 Å². The van der Waals surface area contributed by atoms with Crippen LogP contribution in [-0.2, 0) is 4.79 Å². The van der Waals surface area contributed by atoms with E-state index in [-0.39, 0.29) is 22.9 Å². The summed E-state index contributed by atoms with van der Waals surface area (Å²) < 4.78 is 0. The van der Waals surface area contributed by atoms with Gasteiger partial charge in [-0.1, -0.05) is 0 Å². The van der Waals surface area contributed by atoms with Crippen molar-refractivity contribution >= 4 is 35.1 Å². The maximum atomic E-state index is 10.4. The number of nitrogens with two attached hydrogens (primary N) is 1. The quantitative estimate of drug-likeness (QED) is 0.792. The van der Waals surface area contributed by atoms with E-state index in [1.807, 2.05) is 0 Å². The van der Waals surface area contributed by atoms with Crippen LogP contribution in [0.2, 0.25) is 10.6 Å². The first-order valence-corrected chi connectivity index (χ1v) is 4.43. The molecule has 0 aromatic carbocycles. The highest BCUT2D eigenvalue weighted by Gasteiger charge is 2.02. The lowest BCUT2D eigenvalue weighted by atomic mass is 10.4. The van der Waals surface area contributed by atoms with Gasteiger partial charge in [0.05, 0.1) is 0 Å². The van der Waals surface area contributed by atoms with E-state index < -0.39 is 5.91 Å². The van der Waals surface area contributed by atoms with Crippen molar-refractivity contribution in [2.45, 2.75) is 6.42 Å². The van der Waals surface area contributed by atoms with Crippen LogP contribution in [0, 0.1) is 0 Å². The lowest BCUT2D eigenvalue weighted by Crippen LogP contribution is -2.16. The van der Waals surface area contributed by atoms with Gasteiger partial charge < -0.3 is 11.1 Å². The second kappa shape index (κ2) is 4.92. The third kappa shape index (κ3) is 3.71. The fourth-order valence-corrected chi connectivity index (χ4v) is 1.07. The van der Waals surface area contributed by atoms with Crippen molar-refractivity contribution in [2.24, 2.45) is 5.73 Å². The molecule has 0 atom stereocenters. The Morgan fingerprint density at radius 3 is 2.36 bits per heavy atom. The molecule has 0 aliphatic heterocycles. The number of primary amides is 1. The fraction of sp³-hybridized carbons (Fsp3) is 0.333. The number of aromatic nitrogens is 3. The molecule has 1 heterocycles. The monoisotopic (exact) mass is 235 g/mol. The smallest absolute Gasteiger partial charge is 0.228 e. The van der Waals surface area contributed by atoms with Gasteiger partial charge in [0, 0.05) is 13.0 Å². The molecular formula is C6H7Cl2N5O. The van der Waals surface area contributed by atoms with Crippen LogP contribution in [0.3, 0.4) is 0 Å². The lowest BCUT2D eigenvalue weighted by Gasteiger charge is -2.02. The summed E-state index contributed by atoms with van der Waals surface area (Å²) in [6.07, 6.45) is 0.181. The van der Waals surface area contributed by atoms with Gasteiger partial charge in [0.2, 0.25) is 22.4 Å². The molecule has 1 amide bonds. The Hall–Kier alpha value is -1.14. The number of halogens is 2. The number of anilines is 1. The first-order chi connectivity index (χ1) is 6.58. The van der Waals surface area contributed by atoms with E-state index in [1.54, 1.807) is 0 Å². The molecule has 14 heavy (non-hydrogen) atoms. The van der Waals surface area contributed by atoms with Crippen LogP contribution in [0.1, 0.15) is 6.42 Å². The van der Waals surface area contributed by atoms with Gasteiger partial charge in [0.15, 0.2) is 0 Å². The number of nitrogens with zero attached hydrogens (tertiary/aromatic N) is 3. The number of rotatable bonds is 4. The van der Waals surface area contributed by atoms with Gasteiger partial charge in [-0.3, -0.25) is 4.79 Å². The Morgan fingerprint density at radius 1 is 1.29 bits per heavy atom. The molecule has 0 spiro atoms. The molecule has 0 aliphatic rings. The van der Waals surface area contributed by atoms with Gasteiger partial charge in [-0.05, 0) is 23.2 Å². The average Bonchev–Trinajstić information content (AvgIpc) is 2.01. The molecule has 3 N–H and O–H groups in total. The molecule has 76 valence electrons. The van der Waals surface area contributed by atoms with Crippen LogP contribution < -0.4 is 11.1 Å². The zero-order chi connectivity index (χ0) is 10.6. The van der Waals surface area contributed by atoms with E-state index in [1.165, 1.54) is 0 Å². The molecule has 0 saturated carbocycles. The van der Waals surface area contributed by atoms with Crippen LogP contribution in [0.15, 0.2) is 0 Å². The number of hydrogen-bond acceptors (Lipinski definition) is 5. The van der Waals surface area contributed by atoms with E-state index >= 15 is 0 Å². The Bertz CT molecular complexity index is 325. The summed E-state index contributed by atoms with van der Waals surface area (Å²) in [7, 11) is 0. The van der Waals surface area contributed by atoms with Crippen molar-refractivity contribution < 1.29 is 4.79 Å². The number of carbonyl (C=O) groups is 1. The summed E-state index contributed by atoms with van der Waals surface area (Å²) in [5.41, 5.74) is 4.93. The summed E-state index contributed by atoms with van der Waals surface area (Å²) in [6.45, 7) is 0.325. The predicted octanol–water partition coefficient (Wildman–Crippen LogP) is 0.466. The number of amides is 1. The maximum absolute atomic E-state index is 10.4. The molecule has 0 saturated heterocycles. The zero-order valence-corrected chi connectivity index (χ0v) is 8.51. The molecular weight excluding hydrogens is 229 g/mol. The Labute approximate surface area is 89.8 Å². The first-order valence-electron chi connectivity index (χ1n) is 3.67. The second-order valence-electron chi connectivity index (χ2n) is 2.34. The molecule has 0 fully saturated rings. The summed E-state index contributed by atoms with van der Waals surface area (Å²) in [6, 6.07) is 0. The van der Waals surface area contributed by atoms with E-state index in [2.05, 4.69) is 20.3 Å². The Balaban J connectivity index is 2.54. The number of nitrogens with one attached hydrogen (secondary N) is 1. The van der Waals surface area contributed by atoms with Crippen LogP contribution in [-0.4, -0.2) is 27.4 Å². The topological polar surface area (TPSA) is 93.8 Å². The van der Waals surface area contributed by atoms with Crippen molar-refractivity contribution in [1.29, 1.82) is 0 Å². The third-order valence-corrected chi connectivity index (χ3v) is 1.57. The summed E-state index contributed by atoms with van der Waals surface area (Å²) in [5.74, 6) is -0.194. The van der Waals surface area contributed by atoms with Crippen molar-refractivity contribution in [1.82, 2.24) is 15.0 Å². The van der Waals surface area contributed by atoms with Crippen molar-refractivity contribution in [3.8, 4) is 0 Å². The second-order valence-corrected chi connectivity index (χ2v) is 3.02. The first kappa shape index (κ1) is 10.9. The third-order valence-electron chi connectivity index (χ3n) is 1.24. The van der Waals surface area contributed by atoms with E-state index in [9.17, 15) is 4.79 Å². The van der Waals surface area contributed by atoms with Gasteiger partial charge in [-0.15, -0.1) is 0 Å². The van der Waals surface area contributed by atoms with Gasteiger partial charge in [0.25, 0.3) is 0 Å². The van der Waals surface area contributed by atoms with Crippen molar-refractivity contribution in [2.75, 3.05) is 11.9 Å². The molecule has 6 nitrogen and oxygen atoms in total. The van der Waals surface area contributed by atoms with E-state index in [4.69, 9.17) is 28.9 Å². The van der Waals surface area contributed by atoms with E-state index in [0.29, 0.717) is 6.54 Å². The van der Waals surface area contributed by atoms with Gasteiger partial charge >= 0.3 is 0 Å². The molecule has 1 aromatic heterocycles. The van der Waals surface area contributed by atoms with Crippen LogP contribution in [0.5, 0.6) is 0 Å². The molecule has 1 rings (SSSR count). The predicted molar refractivity (Wildman–Crippen MR) is 52.1 cm³/mol. The normalized spacial score (nSPS) is 9.86. The number of hydrogen-bond donors (Lipinski definition) is 2. The molecule has 0 unspecified atom stereocenters. The molecule has 0 radical (unpaired) electrons. The summed E-state index contributed by atoms with van der Waals surface area (Å²) >= 11 is 11.0. The van der Waals surface area contributed by atoms with Crippen molar-refractivity contribution in [3.63, 3.8) is 0 Å². The standard InChI is InChI=1S/C6H7Cl2N5O/c7-4-11-5(8)13-6(12-4)10-2-1-3(9)14/h1-2H2,(H2,9,14)(H,10,11,12,13).